The van der Waals surface area contributed by atoms with Gasteiger partial charge in [-0.2, -0.15) is 13.2 Å². The second-order valence-corrected chi connectivity index (χ2v) is 11.1. The molecule has 0 saturated heterocycles. The van der Waals surface area contributed by atoms with Crippen LogP contribution in [0.1, 0.15) is 36.6 Å². The van der Waals surface area contributed by atoms with Crippen molar-refractivity contribution in [3.8, 4) is 11.5 Å². The Morgan fingerprint density at radius 1 is 1.00 bits per heavy atom. The molecule has 1 aliphatic heterocycles. The van der Waals surface area contributed by atoms with Crippen LogP contribution in [0.2, 0.25) is 5.02 Å². The highest BCUT2D eigenvalue weighted by atomic mass is 35.5. The van der Waals surface area contributed by atoms with Crippen molar-refractivity contribution in [2.75, 3.05) is 13.2 Å². The van der Waals surface area contributed by atoms with Crippen LogP contribution in [0.3, 0.4) is 0 Å². The van der Waals surface area contributed by atoms with Crippen LogP contribution in [-0.4, -0.2) is 29.9 Å². The van der Waals surface area contributed by atoms with Crippen LogP contribution in [-0.2, 0) is 16.1 Å². The molecule has 0 unspecified atom stereocenters. The first-order valence-electron chi connectivity index (χ1n) is 13.7. The molecule has 3 aromatic carbocycles. The monoisotopic (exact) mass is 660 g/mol. The number of rotatable bonds is 9. The predicted molar refractivity (Wildman–Crippen MR) is 161 cm³/mol. The molecule has 1 atom stereocenters. The number of halogens is 5. The zero-order valence-electron chi connectivity index (χ0n) is 23.9. The van der Waals surface area contributed by atoms with Crippen LogP contribution in [0.15, 0.2) is 87.8 Å². The van der Waals surface area contributed by atoms with Crippen molar-refractivity contribution in [3.05, 3.63) is 125 Å². The first-order valence-corrected chi connectivity index (χ1v) is 14.9. The van der Waals surface area contributed by atoms with Crippen molar-refractivity contribution < 1.29 is 36.6 Å². The number of carbonyl (C=O) groups excluding carboxylic acids is 1. The summed E-state index contributed by atoms with van der Waals surface area (Å²) in [5, 5.41) is 0.319. The zero-order chi connectivity index (χ0) is 32.3. The van der Waals surface area contributed by atoms with E-state index in [9.17, 15) is 27.2 Å². The van der Waals surface area contributed by atoms with Gasteiger partial charge in [-0.25, -0.2) is 14.2 Å². The average Bonchev–Trinajstić information content (AvgIpc) is 3.31. The molecule has 0 bridgehead atoms. The van der Waals surface area contributed by atoms with E-state index in [0.717, 1.165) is 21.5 Å². The zero-order valence-corrected chi connectivity index (χ0v) is 25.4. The minimum Gasteiger partial charge on any atom is -0.490 e. The Morgan fingerprint density at radius 3 is 2.36 bits per heavy atom. The predicted octanol–water partition coefficient (Wildman–Crippen LogP) is 6.11. The van der Waals surface area contributed by atoms with Gasteiger partial charge in [0.2, 0.25) is 0 Å². The van der Waals surface area contributed by atoms with Crippen LogP contribution in [0.5, 0.6) is 11.5 Å². The van der Waals surface area contributed by atoms with Gasteiger partial charge in [0.25, 0.3) is 5.56 Å². The first kappa shape index (κ1) is 32.0. The van der Waals surface area contributed by atoms with Gasteiger partial charge in [0.15, 0.2) is 22.0 Å². The Bertz CT molecular complexity index is 1930. The van der Waals surface area contributed by atoms with Gasteiger partial charge in [-0.1, -0.05) is 53.3 Å². The number of ether oxygens (including phenoxy) is 3. The third kappa shape index (κ3) is 6.97. The lowest BCUT2D eigenvalue weighted by Crippen LogP contribution is -2.41. The molecular formula is C32H25ClF4N2O5S. The fourth-order valence-corrected chi connectivity index (χ4v) is 5.82. The van der Waals surface area contributed by atoms with E-state index in [-0.39, 0.29) is 33.9 Å². The van der Waals surface area contributed by atoms with Crippen molar-refractivity contribution >= 4 is 35.0 Å². The molecular weight excluding hydrogens is 636 g/mol. The molecule has 5 rings (SSSR count). The van der Waals surface area contributed by atoms with E-state index in [0.29, 0.717) is 28.7 Å². The van der Waals surface area contributed by atoms with Crippen LogP contribution < -0.4 is 24.4 Å². The normalized spacial score (nSPS) is 15.0. The average molecular weight is 661 g/mol. The quantitative estimate of drug-likeness (QED) is 0.160. The number of carbonyl (C=O) groups is 1. The van der Waals surface area contributed by atoms with Gasteiger partial charge >= 0.3 is 12.1 Å². The molecule has 4 aromatic rings. The van der Waals surface area contributed by atoms with E-state index in [4.69, 9.17) is 25.8 Å². The van der Waals surface area contributed by atoms with E-state index in [1.54, 1.807) is 37.3 Å². The Balaban J connectivity index is 1.61. The number of allylic oxidation sites excluding steroid dienone is 1. The molecule has 7 nitrogen and oxygen atoms in total. The topological polar surface area (TPSA) is 79.1 Å². The molecule has 0 spiro atoms. The number of aromatic nitrogens is 1. The maximum atomic E-state index is 14.3. The lowest BCUT2D eigenvalue weighted by atomic mass is 9.95. The van der Waals surface area contributed by atoms with Crippen LogP contribution in [0.25, 0.3) is 6.08 Å². The molecule has 0 radical (unpaired) electrons. The fraction of sp³-hybridized carbons (Fsp3) is 0.219. The van der Waals surface area contributed by atoms with Gasteiger partial charge in [0, 0.05) is 5.02 Å². The highest BCUT2D eigenvalue weighted by molar-refractivity contribution is 7.07. The summed E-state index contributed by atoms with van der Waals surface area (Å²) >= 11 is 6.77. The minimum atomic E-state index is -5.02. The number of hydrogen-bond acceptors (Lipinski definition) is 7. The minimum absolute atomic E-state index is 0.0711. The van der Waals surface area contributed by atoms with E-state index >= 15 is 0 Å². The van der Waals surface area contributed by atoms with Gasteiger partial charge in [0.1, 0.15) is 12.4 Å². The van der Waals surface area contributed by atoms with Gasteiger partial charge in [0.05, 0.1) is 29.4 Å². The second kappa shape index (κ2) is 13.3. The molecule has 0 N–H and O–H groups in total. The molecule has 1 aliphatic rings. The molecule has 1 aromatic heterocycles. The number of thiazole rings is 1. The first-order chi connectivity index (χ1) is 21.5. The lowest BCUT2D eigenvalue weighted by molar-refractivity contribution is -0.140. The Kier molecular flexibility index (Phi) is 9.45. The van der Waals surface area contributed by atoms with E-state index < -0.39 is 35.0 Å². The summed E-state index contributed by atoms with van der Waals surface area (Å²) in [6, 6.07) is 15.1. The summed E-state index contributed by atoms with van der Waals surface area (Å²) in [5.74, 6) is -0.837. The summed E-state index contributed by atoms with van der Waals surface area (Å²) in [4.78, 5) is 30.3. The van der Waals surface area contributed by atoms with E-state index in [1.807, 2.05) is 0 Å². The molecule has 0 aliphatic carbocycles. The largest absolute Gasteiger partial charge is 0.490 e. The maximum Gasteiger partial charge on any atom is 0.434 e. The molecule has 0 fully saturated rings. The van der Waals surface area contributed by atoms with Crippen molar-refractivity contribution in [2.24, 2.45) is 4.99 Å². The van der Waals surface area contributed by atoms with Crippen LogP contribution >= 0.6 is 22.9 Å². The van der Waals surface area contributed by atoms with Crippen molar-refractivity contribution in [1.82, 2.24) is 4.57 Å². The highest BCUT2D eigenvalue weighted by Gasteiger charge is 2.45. The van der Waals surface area contributed by atoms with Crippen LogP contribution in [0.4, 0.5) is 17.6 Å². The third-order valence-corrected chi connectivity index (χ3v) is 7.89. The molecule has 0 saturated carbocycles. The molecule has 45 heavy (non-hydrogen) atoms. The van der Waals surface area contributed by atoms with Gasteiger partial charge in [-0.05, 0) is 73.0 Å². The lowest BCUT2D eigenvalue weighted by Gasteiger charge is -2.26. The van der Waals surface area contributed by atoms with Gasteiger partial charge in [-0.3, -0.25) is 9.36 Å². The smallest absolute Gasteiger partial charge is 0.434 e. The summed E-state index contributed by atoms with van der Waals surface area (Å²) < 4.78 is 74.0. The molecule has 2 heterocycles. The number of esters is 1. The number of nitrogens with zero attached hydrogens (tertiary/aromatic N) is 2. The Morgan fingerprint density at radius 2 is 1.71 bits per heavy atom. The Labute approximate surface area is 263 Å². The van der Waals surface area contributed by atoms with E-state index in [1.165, 1.54) is 49.4 Å². The molecule has 13 heteroatoms. The summed E-state index contributed by atoms with van der Waals surface area (Å²) in [6.45, 7) is 3.51. The third-order valence-electron chi connectivity index (χ3n) is 6.65. The maximum absolute atomic E-state index is 14.3. The SMILES string of the molecule is CCOC(=O)C1=C(C(F)(F)F)N=c2s/c(=C\c3ccc(OCc4ccc(F)cc4)c(OCC)c3)c(=O)n2[C@H]1c1ccc(Cl)cc1. The summed E-state index contributed by atoms with van der Waals surface area (Å²) in [6.07, 6.45) is -3.52. The van der Waals surface area contributed by atoms with Crippen LogP contribution in [0, 0.1) is 5.82 Å². The van der Waals surface area contributed by atoms with Crippen molar-refractivity contribution in [2.45, 2.75) is 32.7 Å². The summed E-state index contributed by atoms with van der Waals surface area (Å²) in [7, 11) is 0. The van der Waals surface area contributed by atoms with Crippen molar-refractivity contribution in [1.29, 1.82) is 0 Å². The molecule has 0 amide bonds. The fourth-order valence-electron chi connectivity index (χ4n) is 4.70. The number of alkyl halides is 3. The number of benzene rings is 3. The van der Waals surface area contributed by atoms with E-state index in [2.05, 4.69) is 4.99 Å². The standard InChI is InChI=1S/C32H25ClF4N2O5S/c1-3-42-24-15-19(7-14-23(24)44-17-18-5-12-22(34)13-6-18)16-25-29(40)39-27(20-8-10-21(33)11-9-20)26(30(41)43-4-2)28(32(35,36)37)38-31(39)45-25/h5-16,27H,3-4,17H2,1-2H3/b25-16-/t27-/m0/s1. The number of hydrogen-bond donors (Lipinski definition) is 0. The Hall–Kier alpha value is -4.42. The highest BCUT2D eigenvalue weighted by Crippen LogP contribution is 2.38. The second-order valence-electron chi connectivity index (χ2n) is 9.67. The van der Waals surface area contributed by atoms with Gasteiger partial charge < -0.3 is 14.2 Å². The van der Waals surface area contributed by atoms with Gasteiger partial charge in [-0.15, -0.1) is 0 Å². The summed E-state index contributed by atoms with van der Waals surface area (Å²) in [5.41, 5.74) is -1.44. The molecule has 234 valence electrons. The number of fused-ring (bicyclic) bond motifs is 1. The van der Waals surface area contributed by atoms with Crippen molar-refractivity contribution in [3.63, 3.8) is 0 Å².